The molecular weight excluding hydrogens is 248 g/mol. The Hall–Kier alpha value is -1.62. The van der Waals surface area contributed by atoms with Crippen LogP contribution in [0.15, 0.2) is 24.3 Å². The second kappa shape index (κ2) is 5.35. The van der Waals surface area contributed by atoms with Crippen molar-refractivity contribution in [3.63, 3.8) is 0 Å². The summed E-state index contributed by atoms with van der Waals surface area (Å²) in [5.74, 6) is 0.140. The molecule has 1 amide bonds. The topological polar surface area (TPSA) is 66.6 Å². The Morgan fingerprint density at radius 2 is 2.00 bits per heavy atom. The van der Waals surface area contributed by atoms with E-state index in [1.807, 2.05) is 4.90 Å². The minimum atomic E-state index is -0.0197. The summed E-state index contributed by atoms with van der Waals surface area (Å²) in [4.78, 5) is 14.6. The van der Waals surface area contributed by atoms with Crippen LogP contribution >= 0.6 is 12.2 Å². The molecule has 1 aromatic rings. The molecule has 3 N–H and O–H groups in total. The highest BCUT2D eigenvalue weighted by molar-refractivity contribution is 7.80. The van der Waals surface area contributed by atoms with Gasteiger partial charge in [-0.2, -0.15) is 0 Å². The zero-order valence-corrected chi connectivity index (χ0v) is 10.8. The Morgan fingerprint density at radius 1 is 1.39 bits per heavy atom. The SMILES string of the molecule is NC(=S)CCN(C(=O)c1ccc(O)cc1)C1CC1. The van der Waals surface area contributed by atoms with Gasteiger partial charge in [0.05, 0.1) is 4.99 Å². The van der Waals surface area contributed by atoms with Crippen LogP contribution in [0.2, 0.25) is 0 Å². The van der Waals surface area contributed by atoms with Crippen molar-refractivity contribution in [1.82, 2.24) is 4.90 Å². The summed E-state index contributed by atoms with van der Waals surface area (Å²) in [5.41, 5.74) is 6.07. The normalized spacial score (nSPS) is 14.2. The molecule has 2 rings (SSSR count). The Kier molecular flexibility index (Phi) is 3.81. The molecule has 4 nitrogen and oxygen atoms in total. The molecule has 0 radical (unpaired) electrons. The van der Waals surface area contributed by atoms with Crippen molar-refractivity contribution in [2.24, 2.45) is 5.73 Å². The highest BCUT2D eigenvalue weighted by Crippen LogP contribution is 2.28. The Bertz CT molecular complexity index is 455. The number of phenolic OH excluding ortho intramolecular Hbond substituents is 1. The second-order valence-corrected chi connectivity index (χ2v) is 5.02. The Balaban J connectivity index is 2.07. The maximum Gasteiger partial charge on any atom is 0.254 e. The number of phenols is 1. The number of hydrogen-bond donors (Lipinski definition) is 2. The van der Waals surface area contributed by atoms with Crippen LogP contribution in [0.4, 0.5) is 0 Å². The van der Waals surface area contributed by atoms with Gasteiger partial charge in [-0.05, 0) is 37.1 Å². The van der Waals surface area contributed by atoms with Crippen LogP contribution in [0.1, 0.15) is 29.6 Å². The van der Waals surface area contributed by atoms with Gasteiger partial charge in [-0.3, -0.25) is 4.79 Å². The van der Waals surface area contributed by atoms with E-state index in [0.717, 1.165) is 12.8 Å². The first kappa shape index (κ1) is 12.8. The predicted octanol–water partition coefficient (Wildman–Crippen LogP) is 1.67. The smallest absolute Gasteiger partial charge is 0.254 e. The van der Waals surface area contributed by atoms with Gasteiger partial charge in [0.15, 0.2) is 0 Å². The van der Waals surface area contributed by atoms with Crippen LogP contribution in [0.25, 0.3) is 0 Å². The van der Waals surface area contributed by atoms with Crippen molar-refractivity contribution in [2.75, 3.05) is 6.54 Å². The molecule has 0 saturated heterocycles. The van der Waals surface area contributed by atoms with Gasteiger partial charge in [0, 0.05) is 24.6 Å². The molecule has 5 heteroatoms. The summed E-state index contributed by atoms with van der Waals surface area (Å²) in [6, 6.07) is 6.62. The van der Waals surface area contributed by atoms with Gasteiger partial charge in [0.25, 0.3) is 5.91 Å². The first-order valence-electron chi connectivity index (χ1n) is 5.96. The monoisotopic (exact) mass is 264 g/mol. The Labute approximate surface area is 111 Å². The second-order valence-electron chi connectivity index (χ2n) is 4.49. The molecule has 1 saturated carbocycles. The van der Waals surface area contributed by atoms with E-state index < -0.39 is 0 Å². The van der Waals surface area contributed by atoms with Gasteiger partial charge in [-0.25, -0.2) is 0 Å². The van der Waals surface area contributed by atoms with Gasteiger partial charge in [-0.15, -0.1) is 0 Å². The van der Waals surface area contributed by atoms with Crippen LogP contribution in [0.5, 0.6) is 5.75 Å². The average Bonchev–Trinajstić information content (AvgIpc) is 3.14. The molecule has 1 aromatic carbocycles. The van der Waals surface area contributed by atoms with Crippen LogP contribution in [-0.4, -0.2) is 33.5 Å². The first-order valence-corrected chi connectivity index (χ1v) is 6.37. The number of benzene rings is 1. The molecule has 18 heavy (non-hydrogen) atoms. The quantitative estimate of drug-likeness (QED) is 0.794. The minimum Gasteiger partial charge on any atom is -0.508 e. The highest BCUT2D eigenvalue weighted by atomic mass is 32.1. The number of carbonyl (C=O) groups is 1. The van der Waals surface area contributed by atoms with E-state index >= 15 is 0 Å². The third-order valence-corrected chi connectivity index (χ3v) is 3.17. The number of aromatic hydroxyl groups is 1. The zero-order valence-electron chi connectivity index (χ0n) is 10.0. The molecule has 0 heterocycles. The van der Waals surface area contributed by atoms with E-state index in [0.29, 0.717) is 29.6 Å². The summed E-state index contributed by atoms with van der Waals surface area (Å²) in [7, 11) is 0. The van der Waals surface area contributed by atoms with Crippen molar-refractivity contribution in [1.29, 1.82) is 0 Å². The van der Waals surface area contributed by atoms with Crippen molar-refractivity contribution in [3.8, 4) is 5.75 Å². The van der Waals surface area contributed by atoms with Gasteiger partial charge in [0.1, 0.15) is 5.75 Å². The molecule has 0 aliphatic heterocycles. The van der Waals surface area contributed by atoms with Gasteiger partial charge >= 0.3 is 0 Å². The van der Waals surface area contributed by atoms with Gasteiger partial charge < -0.3 is 15.7 Å². The lowest BCUT2D eigenvalue weighted by atomic mass is 10.2. The number of thiocarbonyl (C=S) groups is 1. The van der Waals surface area contributed by atoms with Crippen LogP contribution < -0.4 is 5.73 Å². The predicted molar refractivity (Wildman–Crippen MR) is 73.6 cm³/mol. The molecule has 0 aromatic heterocycles. The summed E-state index contributed by atoms with van der Waals surface area (Å²) in [5, 5.41) is 9.22. The lowest BCUT2D eigenvalue weighted by Crippen LogP contribution is -2.35. The number of carbonyl (C=O) groups excluding carboxylic acids is 1. The van der Waals surface area contributed by atoms with Gasteiger partial charge in [-0.1, -0.05) is 12.2 Å². The minimum absolute atomic E-state index is 0.0197. The molecule has 0 spiro atoms. The van der Waals surface area contributed by atoms with E-state index in [4.69, 9.17) is 18.0 Å². The van der Waals surface area contributed by atoms with E-state index in [9.17, 15) is 9.90 Å². The maximum atomic E-state index is 12.3. The third kappa shape index (κ3) is 3.20. The summed E-state index contributed by atoms with van der Waals surface area (Å²) >= 11 is 4.85. The van der Waals surface area contributed by atoms with E-state index in [1.165, 1.54) is 12.1 Å². The molecule has 1 aliphatic carbocycles. The average molecular weight is 264 g/mol. The van der Waals surface area contributed by atoms with Crippen LogP contribution in [0, 0.1) is 0 Å². The first-order chi connectivity index (χ1) is 8.58. The van der Waals surface area contributed by atoms with E-state index in [2.05, 4.69) is 0 Å². The molecule has 0 bridgehead atoms. The number of amides is 1. The standard InChI is InChI=1S/C13H16N2O2S/c14-12(18)7-8-15(10-3-4-10)13(17)9-1-5-11(16)6-2-9/h1-2,5-6,10,16H,3-4,7-8H2,(H2,14,18). The van der Waals surface area contributed by atoms with E-state index in [1.54, 1.807) is 12.1 Å². The van der Waals surface area contributed by atoms with Crippen LogP contribution in [0.3, 0.4) is 0 Å². The molecular formula is C13H16N2O2S. The third-order valence-electron chi connectivity index (χ3n) is 2.96. The van der Waals surface area contributed by atoms with Crippen LogP contribution in [-0.2, 0) is 0 Å². The molecule has 1 fully saturated rings. The van der Waals surface area contributed by atoms with Crippen molar-refractivity contribution in [3.05, 3.63) is 29.8 Å². The largest absolute Gasteiger partial charge is 0.508 e. The van der Waals surface area contributed by atoms with E-state index in [-0.39, 0.29) is 11.7 Å². The number of nitrogens with zero attached hydrogens (tertiary/aromatic N) is 1. The fourth-order valence-corrected chi connectivity index (χ4v) is 1.93. The number of hydrogen-bond acceptors (Lipinski definition) is 3. The molecule has 0 unspecified atom stereocenters. The highest BCUT2D eigenvalue weighted by Gasteiger charge is 2.32. The fraction of sp³-hybridized carbons (Fsp3) is 0.385. The van der Waals surface area contributed by atoms with Gasteiger partial charge in [0.2, 0.25) is 0 Å². The summed E-state index contributed by atoms with van der Waals surface area (Å²) in [6.45, 7) is 0.569. The lowest BCUT2D eigenvalue weighted by Gasteiger charge is -2.22. The fourth-order valence-electron chi connectivity index (χ4n) is 1.84. The number of rotatable bonds is 5. The zero-order chi connectivity index (χ0) is 13.1. The Morgan fingerprint density at radius 3 is 2.50 bits per heavy atom. The molecule has 0 atom stereocenters. The summed E-state index contributed by atoms with van der Waals surface area (Å²) < 4.78 is 0. The molecule has 96 valence electrons. The lowest BCUT2D eigenvalue weighted by molar-refractivity contribution is 0.0748. The van der Waals surface area contributed by atoms with Crippen molar-refractivity contribution >= 4 is 23.1 Å². The maximum absolute atomic E-state index is 12.3. The molecule has 1 aliphatic rings. The summed E-state index contributed by atoms with van der Waals surface area (Å²) in [6.07, 6.45) is 2.64. The van der Waals surface area contributed by atoms with Crippen molar-refractivity contribution in [2.45, 2.75) is 25.3 Å². The van der Waals surface area contributed by atoms with Crippen molar-refractivity contribution < 1.29 is 9.90 Å². The number of nitrogens with two attached hydrogens (primary N) is 1.